The van der Waals surface area contributed by atoms with Crippen LogP contribution in [0.3, 0.4) is 0 Å². The van der Waals surface area contributed by atoms with E-state index in [9.17, 15) is 10.0 Å². The highest BCUT2D eigenvalue weighted by Gasteiger charge is 2.35. The molecule has 0 radical (unpaired) electrons. The summed E-state index contributed by atoms with van der Waals surface area (Å²) in [5, 5.41) is 21.9. The van der Waals surface area contributed by atoms with Crippen molar-refractivity contribution in [3.8, 4) is 33.4 Å². The van der Waals surface area contributed by atoms with E-state index in [1.54, 1.807) is 6.07 Å². The molecule has 1 aromatic heterocycles. The van der Waals surface area contributed by atoms with E-state index < -0.39 is 7.12 Å². The molecule has 1 heterocycles. The molecule has 2 N–H and O–H groups in total. The number of fused-ring (bicyclic) bond motifs is 6. The summed E-state index contributed by atoms with van der Waals surface area (Å²) in [6.07, 6.45) is 0. The van der Waals surface area contributed by atoms with E-state index in [1.165, 1.54) is 53.6 Å². The van der Waals surface area contributed by atoms with E-state index >= 15 is 0 Å². The Kier molecular flexibility index (Phi) is 4.96. The minimum atomic E-state index is -1.48. The highest BCUT2D eigenvalue weighted by molar-refractivity contribution is 7.26. The number of hydrogen-bond acceptors (Lipinski definition) is 3. The monoisotopic (exact) mass is 496 g/mol. The van der Waals surface area contributed by atoms with Gasteiger partial charge in [0, 0.05) is 25.6 Å². The molecule has 0 saturated carbocycles. The number of benzene rings is 5. The lowest BCUT2D eigenvalue weighted by Gasteiger charge is -2.22. The number of hydrogen-bond donors (Lipinski definition) is 2. The standard InChI is InChI=1S/C33H25BO2S/c1-33(2)29-15-4-3-10-25(29)26-17-16-21(19-30(26)33)24-12-7-14-28-27-13-6-11-23(31(27)37-32(24)28)20-8-5-9-22(18-20)34(35)36/h3-19,35-36H,1-2H3. The summed E-state index contributed by atoms with van der Waals surface area (Å²) in [5.41, 5.74) is 10.5. The second-order valence-corrected chi connectivity index (χ2v) is 11.4. The third-order valence-corrected chi connectivity index (χ3v) is 9.20. The van der Waals surface area contributed by atoms with Crippen LogP contribution in [0.15, 0.2) is 103 Å². The Balaban J connectivity index is 1.43. The third-order valence-electron chi connectivity index (χ3n) is 7.91. The first kappa shape index (κ1) is 22.5. The summed E-state index contributed by atoms with van der Waals surface area (Å²) < 4.78 is 2.49. The molecule has 178 valence electrons. The van der Waals surface area contributed by atoms with Gasteiger partial charge in [-0.05, 0) is 56.0 Å². The van der Waals surface area contributed by atoms with Crippen LogP contribution in [0.4, 0.5) is 0 Å². The molecule has 0 amide bonds. The molecule has 37 heavy (non-hydrogen) atoms. The lowest BCUT2D eigenvalue weighted by atomic mass is 9.79. The molecule has 4 heteroatoms. The van der Waals surface area contributed by atoms with Crippen LogP contribution in [0.2, 0.25) is 0 Å². The maximum absolute atomic E-state index is 9.70. The highest BCUT2D eigenvalue weighted by Crippen LogP contribution is 2.50. The largest absolute Gasteiger partial charge is 0.488 e. The van der Waals surface area contributed by atoms with E-state index in [0.717, 1.165) is 11.1 Å². The first-order chi connectivity index (χ1) is 17.9. The molecule has 0 bridgehead atoms. The molecular weight excluding hydrogens is 471 g/mol. The molecule has 0 saturated heterocycles. The van der Waals surface area contributed by atoms with Crippen molar-refractivity contribution < 1.29 is 10.0 Å². The van der Waals surface area contributed by atoms with Crippen molar-refractivity contribution in [2.24, 2.45) is 0 Å². The number of rotatable bonds is 3. The fourth-order valence-electron chi connectivity index (χ4n) is 6.01. The van der Waals surface area contributed by atoms with Gasteiger partial charge in [0.1, 0.15) is 0 Å². The average Bonchev–Trinajstić information content (AvgIpc) is 3.41. The first-order valence-corrected chi connectivity index (χ1v) is 13.4. The summed E-state index contributed by atoms with van der Waals surface area (Å²) >= 11 is 1.81. The van der Waals surface area contributed by atoms with Crippen molar-refractivity contribution in [1.29, 1.82) is 0 Å². The van der Waals surface area contributed by atoms with Gasteiger partial charge in [-0.25, -0.2) is 0 Å². The van der Waals surface area contributed by atoms with Crippen LogP contribution in [0.25, 0.3) is 53.6 Å². The molecule has 2 nitrogen and oxygen atoms in total. The Hall–Kier alpha value is -3.70. The number of thiophene rings is 1. The summed E-state index contributed by atoms with van der Waals surface area (Å²) in [6.45, 7) is 4.65. The molecule has 5 aromatic carbocycles. The molecule has 0 unspecified atom stereocenters. The molecule has 1 aliphatic rings. The summed E-state index contributed by atoms with van der Waals surface area (Å²) in [5.74, 6) is 0. The van der Waals surface area contributed by atoms with Crippen LogP contribution in [-0.2, 0) is 5.41 Å². The minimum Gasteiger partial charge on any atom is -0.423 e. The molecular formula is C33H25BO2S. The second-order valence-electron chi connectivity index (χ2n) is 10.4. The van der Waals surface area contributed by atoms with Crippen molar-refractivity contribution in [2.75, 3.05) is 0 Å². The molecule has 0 aliphatic heterocycles. The minimum absolute atomic E-state index is 0.0363. The zero-order valence-corrected chi connectivity index (χ0v) is 21.5. The van der Waals surface area contributed by atoms with Gasteiger partial charge in [0.2, 0.25) is 0 Å². The van der Waals surface area contributed by atoms with E-state index in [1.807, 2.05) is 29.5 Å². The summed E-state index contributed by atoms with van der Waals surface area (Å²) in [7, 11) is -1.48. The zero-order chi connectivity index (χ0) is 25.3. The van der Waals surface area contributed by atoms with Crippen LogP contribution in [0.5, 0.6) is 0 Å². The smallest absolute Gasteiger partial charge is 0.423 e. The maximum Gasteiger partial charge on any atom is 0.488 e. The van der Waals surface area contributed by atoms with Crippen molar-refractivity contribution >= 4 is 44.1 Å². The van der Waals surface area contributed by atoms with E-state index in [4.69, 9.17) is 0 Å². The quantitative estimate of drug-likeness (QED) is 0.251. The Labute approximate surface area is 220 Å². The third kappa shape index (κ3) is 3.34. The van der Waals surface area contributed by atoms with Crippen LogP contribution < -0.4 is 5.46 Å². The first-order valence-electron chi connectivity index (χ1n) is 12.6. The van der Waals surface area contributed by atoms with Crippen molar-refractivity contribution in [1.82, 2.24) is 0 Å². The van der Waals surface area contributed by atoms with Gasteiger partial charge in [-0.2, -0.15) is 0 Å². The van der Waals surface area contributed by atoms with Gasteiger partial charge in [0.15, 0.2) is 0 Å². The lowest BCUT2D eigenvalue weighted by Crippen LogP contribution is -2.29. The predicted molar refractivity (Wildman–Crippen MR) is 158 cm³/mol. The Morgan fingerprint density at radius 1 is 0.568 bits per heavy atom. The van der Waals surface area contributed by atoms with E-state index in [2.05, 4.69) is 92.7 Å². The Bertz CT molecular complexity index is 1850. The highest BCUT2D eigenvalue weighted by atomic mass is 32.1. The van der Waals surface area contributed by atoms with Gasteiger partial charge < -0.3 is 10.0 Å². The van der Waals surface area contributed by atoms with Gasteiger partial charge in [0.25, 0.3) is 0 Å². The summed E-state index contributed by atoms with van der Waals surface area (Å²) in [4.78, 5) is 0. The van der Waals surface area contributed by atoms with Crippen LogP contribution >= 0.6 is 11.3 Å². The van der Waals surface area contributed by atoms with Crippen LogP contribution in [0.1, 0.15) is 25.0 Å². The fourth-order valence-corrected chi connectivity index (χ4v) is 7.39. The van der Waals surface area contributed by atoms with Crippen molar-refractivity contribution in [3.63, 3.8) is 0 Å². The van der Waals surface area contributed by atoms with Gasteiger partial charge in [0.05, 0.1) is 0 Å². The molecule has 0 atom stereocenters. The average molecular weight is 496 g/mol. The molecule has 1 aliphatic carbocycles. The van der Waals surface area contributed by atoms with Gasteiger partial charge in [-0.3, -0.25) is 0 Å². The van der Waals surface area contributed by atoms with Gasteiger partial charge in [-0.15, -0.1) is 11.3 Å². The second kappa shape index (κ2) is 8.16. The predicted octanol–water partition coefficient (Wildman–Crippen LogP) is 7.37. The zero-order valence-electron chi connectivity index (χ0n) is 20.7. The molecule has 7 rings (SSSR count). The Morgan fingerprint density at radius 3 is 1.86 bits per heavy atom. The molecule has 0 spiro atoms. The van der Waals surface area contributed by atoms with Crippen molar-refractivity contribution in [2.45, 2.75) is 19.3 Å². The van der Waals surface area contributed by atoms with E-state index in [-0.39, 0.29) is 5.41 Å². The summed E-state index contributed by atoms with van der Waals surface area (Å²) in [6, 6.07) is 36.2. The van der Waals surface area contributed by atoms with Crippen LogP contribution in [-0.4, -0.2) is 17.2 Å². The molecule has 6 aromatic rings. The van der Waals surface area contributed by atoms with Crippen LogP contribution in [0, 0.1) is 0 Å². The van der Waals surface area contributed by atoms with Gasteiger partial charge >= 0.3 is 7.12 Å². The van der Waals surface area contributed by atoms with E-state index in [0.29, 0.717) is 5.46 Å². The topological polar surface area (TPSA) is 40.5 Å². The SMILES string of the molecule is CC1(C)c2ccccc2-c2ccc(-c3cccc4c3sc3c(-c5cccc(B(O)O)c5)cccc34)cc21. The fraction of sp³-hybridized carbons (Fsp3) is 0.0909. The Morgan fingerprint density at radius 2 is 1.16 bits per heavy atom. The normalized spacial score (nSPS) is 13.6. The lowest BCUT2D eigenvalue weighted by molar-refractivity contribution is 0.426. The van der Waals surface area contributed by atoms with Gasteiger partial charge in [-0.1, -0.05) is 111 Å². The molecule has 0 fully saturated rings. The van der Waals surface area contributed by atoms with Crippen molar-refractivity contribution in [3.05, 3.63) is 114 Å². The maximum atomic E-state index is 9.70.